The van der Waals surface area contributed by atoms with Gasteiger partial charge in [0.25, 0.3) is 5.79 Å². The SMILES string of the molecule is CCCCC(N)=C1C(=O)OC(C)(C)OC1=O. The van der Waals surface area contributed by atoms with Gasteiger partial charge in [0.1, 0.15) is 0 Å². The summed E-state index contributed by atoms with van der Waals surface area (Å²) in [4.78, 5) is 23.1. The number of esters is 2. The molecular weight excluding hydrogens is 210 g/mol. The summed E-state index contributed by atoms with van der Waals surface area (Å²) in [5.41, 5.74) is 5.77. The second-order valence-electron chi connectivity index (χ2n) is 4.18. The van der Waals surface area contributed by atoms with Crippen LogP contribution >= 0.6 is 0 Å². The molecule has 0 amide bonds. The van der Waals surface area contributed by atoms with Gasteiger partial charge in [-0.1, -0.05) is 13.3 Å². The molecule has 0 saturated carbocycles. The van der Waals surface area contributed by atoms with E-state index in [4.69, 9.17) is 15.2 Å². The van der Waals surface area contributed by atoms with Crippen LogP contribution in [0.25, 0.3) is 0 Å². The minimum absolute atomic E-state index is 0.159. The van der Waals surface area contributed by atoms with E-state index in [1.165, 1.54) is 13.8 Å². The Balaban J connectivity index is 2.89. The van der Waals surface area contributed by atoms with Crippen molar-refractivity contribution in [2.45, 2.75) is 45.8 Å². The standard InChI is InChI=1S/C11H17NO4/c1-4-5-6-7(12)8-9(13)15-11(2,3)16-10(8)14/h4-6,12H2,1-3H3. The maximum Gasteiger partial charge on any atom is 0.350 e. The Hall–Kier alpha value is -1.52. The van der Waals surface area contributed by atoms with Gasteiger partial charge in [-0.2, -0.15) is 0 Å². The van der Waals surface area contributed by atoms with Crippen molar-refractivity contribution in [2.24, 2.45) is 5.73 Å². The van der Waals surface area contributed by atoms with Crippen LogP contribution in [0.1, 0.15) is 40.0 Å². The molecule has 0 radical (unpaired) electrons. The zero-order valence-corrected chi connectivity index (χ0v) is 9.83. The highest BCUT2D eigenvalue weighted by molar-refractivity contribution is 6.15. The van der Waals surface area contributed by atoms with Gasteiger partial charge in [0, 0.05) is 19.5 Å². The third-order valence-electron chi connectivity index (χ3n) is 2.21. The van der Waals surface area contributed by atoms with E-state index in [2.05, 4.69) is 0 Å². The Bertz CT molecular complexity index is 322. The van der Waals surface area contributed by atoms with Gasteiger partial charge in [-0.05, 0) is 12.8 Å². The van der Waals surface area contributed by atoms with E-state index in [9.17, 15) is 9.59 Å². The maximum atomic E-state index is 11.6. The molecular formula is C11H17NO4. The van der Waals surface area contributed by atoms with Crippen molar-refractivity contribution < 1.29 is 19.1 Å². The van der Waals surface area contributed by atoms with Gasteiger partial charge in [-0.3, -0.25) is 0 Å². The largest absolute Gasteiger partial charge is 0.419 e. The van der Waals surface area contributed by atoms with Crippen molar-refractivity contribution in [3.05, 3.63) is 11.3 Å². The lowest BCUT2D eigenvalue weighted by Gasteiger charge is -2.30. The van der Waals surface area contributed by atoms with Crippen LogP contribution in [-0.2, 0) is 19.1 Å². The highest BCUT2D eigenvalue weighted by Gasteiger charge is 2.40. The van der Waals surface area contributed by atoms with Gasteiger partial charge in [0.05, 0.1) is 0 Å². The van der Waals surface area contributed by atoms with Crippen LogP contribution in [0, 0.1) is 0 Å². The van der Waals surface area contributed by atoms with Gasteiger partial charge in [-0.25, -0.2) is 9.59 Å². The second kappa shape index (κ2) is 4.55. The zero-order chi connectivity index (χ0) is 12.3. The van der Waals surface area contributed by atoms with Crippen LogP contribution in [0.4, 0.5) is 0 Å². The van der Waals surface area contributed by atoms with Crippen molar-refractivity contribution in [3.8, 4) is 0 Å². The topological polar surface area (TPSA) is 78.6 Å². The van der Waals surface area contributed by atoms with Crippen LogP contribution in [0.5, 0.6) is 0 Å². The number of allylic oxidation sites excluding steroid dienone is 1. The fraction of sp³-hybridized carbons (Fsp3) is 0.636. The predicted octanol–water partition coefficient (Wildman–Crippen LogP) is 1.23. The van der Waals surface area contributed by atoms with E-state index >= 15 is 0 Å². The van der Waals surface area contributed by atoms with Crippen LogP contribution in [0.15, 0.2) is 11.3 Å². The Labute approximate surface area is 94.6 Å². The molecule has 0 atom stereocenters. The minimum Gasteiger partial charge on any atom is -0.419 e. The maximum absolute atomic E-state index is 11.6. The first-order valence-corrected chi connectivity index (χ1v) is 5.32. The number of hydrogen-bond acceptors (Lipinski definition) is 5. The quantitative estimate of drug-likeness (QED) is 0.445. The fourth-order valence-electron chi connectivity index (χ4n) is 1.41. The molecule has 1 heterocycles. The lowest BCUT2D eigenvalue weighted by Crippen LogP contribution is -2.42. The Morgan fingerprint density at radius 1 is 1.25 bits per heavy atom. The molecule has 0 aromatic heterocycles. The number of carbonyl (C=O) groups excluding carboxylic acids is 2. The highest BCUT2D eigenvalue weighted by atomic mass is 16.7. The van der Waals surface area contributed by atoms with Crippen molar-refractivity contribution in [1.82, 2.24) is 0 Å². The Morgan fingerprint density at radius 3 is 2.19 bits per heavy atom. The number of carbonyl (C=O) groups is 2. The highest BCUT2D eigenvalue weighted by Crippen LogP contribution is 2.24. The molecule has 16 heavy (non-hydrogen) atoms. The van der Waals surface area contributed by atoms with Crippen LogP contribution < -0.4 is 5.73 Å². The molecule has 0 spiro atoms. The van der Waals surface area contributed by atoms with E-state index in [-0.39, 0.29) is 11.3 Å². The number of cyclic esters (lactones) is 2. The number of nitrogens with two attached hydrogens (primary N) is 1. The first-order chi connectivity index (χ1) is 7.37. The predicted molar refractivity (Wildman–Crippen MR) is 57.0 cm³/mol. The average molecular weight is 227 g/mol. The summed E-state index contributed by atoms with van der Waals surface area (Å²) in [7, 11) is 0. The number of hydrogen-bond donors (Lipinski definition) is 1. The van der Waals surface area contributed by atoms with Gasteiger partial charge in [-0.15, -0.1) is 0 Å². The molecule has 1 rings (SSSR count). The number of rotatable bonds is 3. The molecule has 0 aliphatic carbocycles. The molecule has 0 bridgehead atoms. The lowest BCUT2D eigenvalue weighted by atomic mass is 10.1. The monoisotopic (exact) mass is 227 g/mol. The van der Waals surface area contributed by atoms with Gasteiger partial charge in [0.2, 0.25) is 0 Å². The van der Waals surface area contributed by atoms with Gasteiger partial charge in [0.15, 0.2) is 5.57 Å². The van der Waals surface area contributed by atoms with E-state index in [0.717, 1.165) is 12.8 Å². The fourth-order valence-corrected chi connectivity index (χ4v) is 1.41. The van der Waals surface area contributed by atoms with Gasteiger partial charge < -0.3 is 15.2 Å². The first kappa shape index (κ1) is 12.5. The molecule has 0 aromatic carbocycles. The molecule has 0 unspecified atom stereocenters. The van der Waals surface area contributed by atoms with Crippen molar-refractivity contribution in [1.29, 1.82) is 0 Å². The normalized spacial score (nSPS) is 19.1. The third kappa shape index (κ3) is 2.74. The molecule has 1 fully saturated rings. The molecule has 1 aliphatic rings. The van der Waals surface area contributed by atoms with Crippen LogP contribution in [0.2, 0.25) is 0 Å². The van der Waals surface area contributed by atoms with E-state index < -0.39 is 17.7 Å². The lowest BCUT2D eigenvalue weighted by molar-refractivity contribution is -0.222. The molecule has 5 nitrogen and oxygen atoms in total. The number of unbranched alkanes of at least 4 members (excludes halogenated alkanes) is 1. The summed E-state index contributed by atoms with van der Waals surface area (Å²) < 4.78 is 9.88. The summed E-state index contributed by atoms with van der Waals surface area (Å²) in [5.74, 6) is -2.60. The Kier molecular flexibility index (Phi) is 3.57. The Morgan fingerprint density at radius 2 is 1.75 bits per heavy atom. The smallest absolute Gasteiger partial charge is 0.350 e. The summed E-state index contributed by atoms with van der Waals surface area (Å²) in [6.45, 7) is 5.00. The second-order valence-corrected chi connectivity index (χ2v) is 4.18. The van der Waals surface area contributed by atoms with E-state index in [1.54, 1.807) is 0 Å². The molecule has 1 aliphatic heterocycles. The van der Waals surface area contributed by atoms with Crippen LogP contribution in [0.3, 0.4) is 0 Å². The van der Waals surface area contributed by atoms with Crippen molar-refractivity contribution in [2.75, 3.05) is 0 Å². The molecule has 5 heteroatoms. The van der Waals surface area contributed by atoms with Crippen molar-refractivity contribution >= 4 is 11.9 Å². The van der Waals surface area contributed by atoms with Crippen molar-refractivity contribution in [3.63, 3.8) is 0 Å². The van der Waals surface area contributed by atoms with E-state index in [0.29, 0.717) is 6.42 Å². The summed E-state index contributed by atoms with van der Waals surface area (Å²) in [6, 6.07) is 0. The average Bonchev–Trinajstić information content (AvgIpc) is 2.11. The molecule has 0 aromatic rings. The summed E-state index contributed by atoms with van der Waals surface area (Å²) in [6.07, 6.45) is 2.25. The number of ether oxygens (including phenoxy) is 2. The third-order valence-corrected chi connectivity index (χ3v) is 2.21. The molecule has 2 N–H and O–H groups in total. The molecule has 90 valence electrons. The van der Waals surface area contributed by atoms with Crippen LogP contribution in [-0.4, -0.2) is 17.7 Å². The van der Waals surface area contributed by atoms with Gasteiger partial charge >= 0.3 is 11.9 Å². The van der Waals surface area contributed by atoms with E-state index in [1.807, 2.05) is 6.92 Å². The zero-order valence-electron chi connectivity index (χ0n) is 9.83. The molecule has 1 saturated heterocycles. The first-order valence-electron chi connectivity index (χ1n) is 5.32. The minimum atomic E-state index is -1.21. The summed E-state index contributed by atoms with van der Waals surface area (Å²) in [5, 5.41) is 0. The summed E-state index contributed by atoms with van der Waals surface area (Å²) >= 11 is 0.